The lowest BCUT2D eigenvalue weighted by Crippen LogP contribution is -2.28. The average molecular weight is 288 g/mol. The maximum Gasteiger partial charge on any atom is 0.160 e. The van der Waals surface area contributed by atoms with Crippen molar-refractivity contribution in [2.75, 3.05) is 26.4 Å². The zero-order valence-corrected chi connectivity index (χ0v) is 14.0. The van der Waals surface area contributed by atoms with E-state index in [1.165, 1.54) is 0 Å². The summed E-state index contributed by atoms with van der Waals surface area (Å²) in [5.41, 5.74) is 0. The number of carbonyl (C=O) groups is 1. The molecule has 0 radical (unpaired) electrons. The highest BCUT2D eigenvalue weighted by Gasteiger charge is 2.13. The molecule has 4 heteroatoms. The molecule has 20 heavy (non-hydrogen) atoms. The minimum atomic E-state index is 0.0317. The number of ether oxygens (including phenoxy) is 3. The molecule has 0 aliphatic heterocycles. The first-order valence-electron chi connectivity index (χ1n) is 7.68. The Bertz CT molecular complexity index is 251. The van der Waals surface area contributed by atoms with Crippen molar-refractivity contribution >= 4 is 5.78 Å². The summed E-state index contributed by atoms with van der Waals surface area (Å²) in [6, 6.07) is 0. The predicted molar refractivity (Wildman–Crippen MR) is 80.9 cm³/mol. The van der Waals surface area contributed by atoms with Gasteiger partial charge in [-0.1, -0.05) is 27.7 Å². The van der Waals surface area contributed by atoms with Crippen molar-refractivity contribution in [3.05, 3.63) is 0 Å². The molecule has 0 saturated carbocycles. The second kappa shape index (κ2) is 11.2. The van der Waals surface area contributed by atoms with Crippen LogP contribution < -0.4 is 0 Å². The molecular weight excluding hydrogens is 256 g/mol. The fourth-order valence-corrected chi connectivity index (χ4v) is 1.39. The lowest BCUT2D eigenvalue weighted by atomic mass is 10.1. The molecule has 0 spiro atoms. The number of carbonyl (C=O) groups excluding carboxylic acids is 1. The summed E-state index contributed by atoms with van der Waals surface area (Å²) >= 11 is 0. The smallest absolute Gasteiger partial charge is 0.160 e. The summed E-state index contributed by atoms with van der Waals surface area (Å²) in [4.78, 5) is 11.3. The van der Waals surface area contributed by atoms with Crippen LogP contribution in [0.25, 0.3) is 0 Å². The average Bonchev–Trinajstić information content (AvgIpc) is 2.36. The molecule has 0 aromatic carbocycles. The Labute approximate surface area is 124 Å². The minimum absolute atomic E-state index is 0.0317. The van der Waals surface area contributed by atoms with Gasteiger partial charge < -0.3 is 14.2 Å². The van der Waals surface area contributed by atoms with Crippen molar-refractivity contribution < 1.29 is 19.0 Å². The Morgan fingerprint density at radius 2 is 1.40 bits per heavy atom. The summed E-state index contributed by atoms with van der Waals surface area (Å²) in [6.45, 7) is 14.0. The quantitative estimate of drug-likeness (QED) is 0.518. The fourth-order valence-electron chi connectivity index (χ4n) is 1.39. The van der Waals surface area contributed by atoms with Crippen LogP contribution in [0, 0.1) is 11.8 Å². The third-order valence-corrected chi connectivity index (χ3v) is 3.23. The van der Waals surface area contributed by atoms with E-state index in [2.05, 4.69) is 13.8 Å². The molecule has 4 nitrogen and oxygen atoms in total. The van der Waals surface area contributed by atoms with E-state index >= 15 is 0 Å². The summed E-state index contributed by atoms with van der Waals surface area (Å²) in [6.07, 6.45) is 1.18. The number of rotatable bonds is 12. The molecular formula is C16H32O4. The molecule has 2 atom stereocenters. The van der Waals surface area contributed by atoms with Crippen molar-refractivity contribution in [3.63, 3.8) is 0 Å². The van der Waals surface area contributed by atoms with Crippen molar-refractivity contribution in [2.45, 2.75) is 60.2 Å². The van der Waals surface area contributed by atoms with E-state index in [-0.39, 0.29) is 30.5 Å². The Kier molecular flexibility index (Phi) is 11.0. The summed E-state index contributed by atoms with van der Waals surface area (Å²) in [7, 11) is 0. The third-order valence-electron chi connectivity index (χ3n) is 3.23. The summed E-state index contributed by atoms with van der Waals surface area (Å²) in [5, 5.41) is 0. The van der Waals surface area contributed by atoms with Gasteiger partial charge in [-0.15, -0.1) is 0 Å². The van der Waals surface area contributed by atoms with Crippen LogP contribution in [0.15, 0.2) is 0 Å². The van der Waals surface area contributed by atoms with Gasteiger partial charge >= 0.3 is 0 Å². The Morgan fingerprint density at radius 3 is 1.90 bits per heavy atom. The van der Waals surface area contributed by atoms with Gasteiger partial charge in [-0.2, -0.15) is 0 Å². The zero-order valence-electron chi connectivity index (χ0n) is 14.0. The zero-order chi connectivity index (χ0) is 15.5. The van der Waals surface area contributed by atoms with E-state index in [0.717, 1.165) is 13.0 Å². The van der Waals surface area contributed by atoms with Gasteiger partial charge in [0.15, 0.2) is 5.78 Å². The maximum absolute atomic E-state index is 11.3. The molecule has 0 N–H and O–H groups in total. The Hall–Kier alpha value is -0.450. The molecule has 0 saturated heterocycles. The van der Waals surface area contributed by atoms with Gasteiger partial charge in [0.2, 0.25) is 0 Å². The van der Waals surface area contributed by atoms with Crippen molar-refractivity contribution in [3.8, 4) is 0 Å². The molecule has 0 fully saturated rings. The van der Waals surface area contributed by atoms with E-state index in [0.29, 0.717) is 19.1 Å². The third kappa shape index (κ3) is 10.4. The highest BCUT2D eigenvalue weighted by atomic mass is 16.6. The first kappa shape index (κ1) is 19.6. The van der Waals surface area contributed by atoms with Gasteiger partial charge in [-0.25, -0.2) is 0 Å². The van der Waals surface area contributed by atoms with Crippen LogP contribution in [0.4, 0.5) is 0 Å². The predicted octanol–water partition coefficient (Wildman–Crippen LogP) is 3.08. The fraction of sp³-hybridized carbons (Fsp3) is 0.938. The van der Waals surface area contributed by atoms with Crippen LogP contribution in [0.2, 0.25) is 0 Å². The van der Waals surface area contributed by atoms with Gasteiger partial charge in [0.1, 0.15) is 6.61 Å². The topological polar surface area (TPSA) is 44.8 Å². The second-order valence-corrected chi connectivity index (χ2v) is 6.01. The molecule has 0 aromatic rings. The van der Waals surface area contributed by atoms with Gasteiger partial charge in [-0.05, 0) is 26.2 Å². The van der Waals surface area contributed by atoms with E-state index in [1.807, 2.05) is 27.7 Å². The van der Waals surface area contributed by atoms with E-state index in [1.54, 1.807) is 0 Å². The van der Waals surface area contributed by atoms with Gasteiger partial charge in [0.25, 0.3) is 0 Å². The van der Waals surface area contributed by atoms with Gasteiger partial charge in [0, 0.05) is 12.5 Å². The second-order valence-electron chi connectivity index (χ2n) is 6.01. The lowest BCUT2D eigenvalue weighted by molar-refractivity contribution is -0.127. The molecule has 0 rings (SSSR count). The number of ketones is 1. The molecule has 0 unspecified atom stereocenters. The molecule has 0 heterocycles. The molecule has 0 aliphatic rings. The largest absolute Gasteiger partial charge is 0.376 e. The lowest BCUT2D eigenvalue weighted by Gasteiger charge is -2.21. The minimum Gasteiger partial charge on any atom is -0.376 e. The maximum atomic E-state index is 11.3. The van der Waals surface area contributed by atoms with Crippen LogP contribution in [0.5, 0.6) is 0 Å². The normalized spacial score (nSPS) is 14.8. The van der Waals surface area contributed by atoms with Gasteiger partial charge in [-0.3, -0.25) is 4.79 Å². The van der Waals surface area contributed by atoms with Gasteiger partial charge in [0.05, 0.1) is 25.4 Å². The monoisotopic (exact) mass is 288 g/mol. The Morgan fingerprint density at radius 1 is 0.850 bits per heavy atom. The van der Waals surface area contributed by atoms with E-state index < -0.39 is 0 Å². The highest BCUT2D eigenvalue weighted by Crippen LogP contribution is 2.06. The number of Topliss-reactive ketones (excluding diaryl/α,β-unsaturated/α-hetero) is 1. The SMILES string of the molecule is CC(C)CCO[C@H](C)[C@@H](C)OCCOCC(=O)C(C)C. The first-order valence-corrected chi connectivity index (χ1v) is 7.68. The molecule has 120 valence electrons. The van der Waals surface area contributed by atoms with E-state index in [9.17, 15) is 4.79 Å². The molecule has 0 aromatic heterocycles. The molecule has 0 amide bonds. The molecule has 0 aliphatic carbocycles. The summed E-state index contributed by atoms with van der Waals surface area (Å²) in [5.74, 6) is 0.818. The van der Waals surface area contributed by atoms with Crippen LogP contribution in [0.1, 0.15) is 48.0 Å². The van der Waals surface area contributed by atoms with E-state index in [4.69, 9.17) is 14.2 Å². The van der Waals surface area contributed by atoms with Crippen molar-refractivity contribution in [1.29, 1.82) is 0 Å². The van der Waals surface area contributed by atoms with Crippen molar-refractivity contribution in [2.24, 2.45) is 11.8 Å². The van der Waals surface area contributed by atoms with Crippen LogP contribution in [-0.4, -0.2) is 44.4 Å². The van der Waals surface area contributed by atoms with Crippen LogP contribution in [-0.2, 0) is 19.0 Å². The number of hydrogen-bond donors (Lipinski definition) is 0. The summed E-state index contributed by atoms with van der Waals surface area (Å²) < 4.78 is 16.6. The standard InChI is InChI=1S/C16H32O4/c1-12(2)7-8-19-14(5)15(6)20-10-9-18-11-16(17)13(3)4/h12-15H,7-11H2,1-6H3/t14-,15-/m1/s1. The van der Waals surface area contributed by atoms with Crippen LogP contribution >= 0.6 is 0 Å². The first-order chi connectivity index (χ1) is 9.34. The number of hydrogen-bond acceptors (Lipinski definition) is 4. The highest BCUT2D eigenvalue weighted by molar-refractivity contribution is 5.81. The Balaban J connectivity index is 3.56. The van der Waals surface area contributed by atoms with Crippen molar-refractivity contribution in [1.82, 2.24) is 0 Å². The van der Waals surface area contributed by atoms with Crippen LogP contribution in [0.3, 0.4) is 0 Å². The molecule has 0 bridgehead atoms.